The molecule has 2 aromatic rings. The van der Waals surface area contributed by atoms with Crippen LogP contribution in [0.3, 0.4) is 0 Å². The zero-order chi connectivity index (χ0) is 14.5. The first kappa shape index (κ1) is 15.4. The third-order valence-corrected chi connectivity index (χ3v) is 4.23. The molecule has 0 saturated carbocycles. The predicted molar refractivity (Wildman–Crippen MR) is 84.8 cm³/mol. The van der Waals surface area contributed by atoms with E-state index in [9.17, 15) is 4.39 Å². The summed E-state index contributed by atoms with van der Waals surface area (Å²) in [7, 11) is 0. The van der Waals surface area contributed by atoms with Crippen molar-refractivity contribution in [3.8, 4) is 0 Å². The van der Waals surface area contributed by atoms with E-state index in [1.54, 1.807) is 6.07 Å². The maximum Gasteiger partial charge on any atom is 0.137 e. The average molecular weight is 310 g/mol. The molecule has 2 rings (SSSR count). The van der Waals surface area contributed by atoms with Crippen LogP contribution in [0, 0.1) is 5.82 Å². The lowest BCUT2D eigenvalue weighted by Crippen LogP contribution is -2.17. The van der Waals surface area contributed by atoms with Gasteiger partial charge in [0.2, 0.25) is 0 Å². The number of rotatable bonds is 5. The summed E-state index contributed by atoms with van der Waals surface area (Å²) in [6.07, 6.45) is 0.694. The van der Waals surface area contributed by atoms with Crippen molar-refractivity contribution < 1.29 is 4.39 Å². The van der Waals surface area contributed by atoms with Crippen LogP contribution >= 0.6 is 23.4 Å². The average Bonchev–Trinajstić information content (AvgIpc) is 2.39. The molecule has 0 aliphatic heterocycles. The van der Waals surface area contributed by atoms with Crippen LogP contribution in [0.4, 0.5) is 4.39 Å². The zero-order valence-corrected chi connectivity index (χ0v) is 12.8. The lowest BCUT2D eigenvalue weighted by Gasteiger charge is -2.08. The highest BCUT2D eigenvalue weighted by molar-refractivity contribution is 7.98. The predicted octanol–water partition coefficient (Wildman–Crippen LogP) is 4.66. The second-order valence-electron chi connectivity index (χ2n) is 4.86. The molecule has 0 radical (unpaired) electrons. The number of benzene rings is 2. The van der Waals surface area contributed by atoms with Crippen molar-refractivity contribution in [3.63, 3.8) is 0 Å². The summed E-state index contributed by atoms with van der Waals surface area (Å²) in [5, 5.41) is 0.713. The minimum Gasteiger partial charge on any atom is -0.328 e. The monoisotopic (exact) mass is 309 g/mol. The minimum atomic E-state index is -0.179. The fourth-order valence-electron chi connectivity index (χ4n) is 1.90. The Balaban J connectivity index is 2.01. The van der Waals surface area contributed by atoms with Gasteiger partial charge in [-0.15, -0.1) is 11.8 Å². The van der Waals surface area contributed by atoms with E-state index in [1.165, 1.54) is 11.8 Å². The van der Waals surface area contributed by atoms with Gasteiger partial charge in [-0.1, -0.05) is 29.8 Å². The topological polar surface area (TPSA) is 26.0 Å². The molecule has 4 heteroatoms. The summed E-state index contributed by atoms with van der Waals surface area (Å²) >= 11 is 7.32. The van der Waals surface area contributed by atoms with Crippen molar-refractivity contribution in [1.29, 1.82) is 0 Å². The first-order chi connectivity index (χ1) is 9.54. The van der Waals surface area contributed by atoms with Gasteiger partial charge in [0.1, 0.15) is 5.82 Å². The normalized spacial score (nSPS) is 12.4. The van der Waals surface area contributed by atoms with Gasteiger partial charge in [0.25, 0.3) is 0 Å². The summed E-state index contributed by atoms with van der Waals surface area (Å²) in [5.41, 5.74) is 7.78. The number of hydrogen-bond acceptors (Lipinski definition) is 2. The lowest BCUT2D eigenvalue weighted by atomic mass is 10.1. The van der Waals surface area contributed by atoms with Crippen LogP contribution in [0.25, 0.3) is 0 Å². The first-order valence-corrected chi connectivity index (χ1v) is 7.82. The van der Waals surface area contributed by atoms with E-state index in [2.05, 4.69) is 0 Å². The third kappa shape index (κ3) is 4.51. The fourth-order valence-corrected chi connectivity index (χ4v) is 2.90. The van der Waals surface area contributed by atoms with Crippen LogP contribution in [-0.4, -0.2) is 6.04 Å². The SMILES string of the molecule is CC(N)Cc1ccc(SCc2ccc(Cl)cc2)c(F)c1. The Bertz CT molecular complexity index is 569. The molecule has 0 aliphatic carbocycles. The molecule has 20 heavy (non-hydrogen) atoms. The molecule has 2 aromatic carbocycles. The largest absolute Gasteiger partial charge is 0.328 e. The van der Waals surface area contributed by atoms with Crippen molar-refractivity contribution in [1.82, 2.24) is 0 Å². The van der Waals surface area contributed by atoms with E-state index in [-0.39, 0.29) is 11.9 Å². The molecule has 0 heterocycles. The van der Waals surface area contributed by atoms with Crippen molar-refractivity contribution in [3.05, 3.63) is 64.4 Å². The van der Waals surface area contributed by atoms with E-state index >= 15 is 0 Å². The minimum absolute atomic E-state index is 0.0435. The highest BCUT2D eigenvalue weighted by Crippen LogP contribution is 2.27. The van der Waals surface area contributed by atoms with Crippen molar-refractivity contribution in [2.24, 2.45) is 5.73 Å². The summed E-state index contributed by atoms with van der Waals surface area (Å²) < 4.78 is 14.0. The van der Waals surface area contributed by atoms with Gasteiger partial charge < -0.3 is 5.73 Å². The molecule has 0 bridgehead atoms. The number of hydrogen-bond donors (Lipinski definition) is 1. The molecule has 0 spiro atoms. The maximum absolute atomic E-state index is 14.0. The lowest BCUT2D eigenvalue weighted by molar-refractivity contribution is 0.597. The van der Waals surface area contributed by atoms with Gasteiger partial charge in [0.15, 0.2) is 0 Å². The molecule has 0 aliphatic rings. The van der Waals surface area contributed by atoms with Gasteiger partial charge in [-0.3, -0.25) is 0 Å². The standard InChI is InChI=1S/C16H17ClFNS/c1-11(19)8-13-4-7-16(15(18)9-13)20-10-12-2-5-14(17)6-3-12/h2-7,9,11H,8,10,19H2,1H3. The van der Waals surface area contributed by atoms with Crippen LogP contribution in [-0.2, 0) is 12.2 Å². The molecule has 106 valence electrons. The molecule has 0 aromatic heterocycles. The van der Waals surface area contributed by atoms with Crippen LogP contribution in [0.5, 0.6) is 0 Å². The first-order valence-electron chi connectivity index (χ1n) is 6.46. The Morgan fingerprint density at radius 2 is 1.80 bits per heavy atom. The Kier molecular flexibility index (Phi) is 5.46. The van der Waals surface area contributed by atoms with E-state index in [0.29, 0.717) is 16.3 Å². The van der Waals surface area contributed by atoms with Gasteiger partial charge in [-0.2, -0.15) is 0 Å². The Labute approximate surface area is 128 Å². The fraction of sp³-hybridized carbons (Fsp3) is 0.250. The Morgan fingerprint density at radius 1 is 1.15 bits per heavy atom. The maximum atomic E-state index is 14.0. The summed E-state index contributed by atoms with van der Waals surface area (Å²) in [5.74, 6) is 0.544. The number of thioether (sulfide) groups is 1. The van der Waals surface area contributed by atoms with Crippen molar-refractivity contribution >= 4 is 23.4 Å². The molecular formula is C16H17ClFNS. The van der Waals surface area contributed by atoms with Crippen LogP contribution in [0.15, 0.2) is 47.4 Å². The van der Waals surface area contributed by atoms with E-state index < -0.39 is 0 Å². The Morgan fingerprint density at radius 3 is 2.40 bits per heavy atom. The zero-order valence-electron chi connectivity index (χ0n) is 11.3. The molecule has 0 fully saturated rings. The van der Waals surface area contributed by atoms with Gasteiger partial charge in [0.05, 0.1) is 0 Å². The summed E-state index contributed by atoms with van der Waals surface area (Å²) in [4.78, 5) is 0.661. The van der Waals surface area contributed by atoms with Gasteiger partial charge in [-0.05, 0) is 48.7 Å². The molecule has 1 atom stereocenters. The number of nitrogens with two attached hydrogens (primary N) is 1. The number of halogens is 2. The highest BCUT2D eigenvalue weighted by Gasteiger charge is 2.06. The quantitative estimate of drug-likeness (QED) is 0.813. The van der Waals surface area contributed by atoms with Crippen LogP contribution < -0.4 is 5.73 Å². The van der Waals surface area contributed by atoms with Crippen LogP contribution in [0.1, 0.15) is 18.1 Å². The van der Waals surface area contributed by atoms with Gasteiger partial charge >= 0.3 is 0 Å². The summed E-state index contributed by atoms with van der Waals surface area (Å²) in [6.45, 7) is 1.92. The summed E-state index contributed by atoms with van der Waals surface area (Å²) in [6, 6.07) is 13.0. The van der Waals surface area contributed by atoms with E-state index in [1.807, 2.05) is 43.3 Å². The molecule has 1 nitrogen and oxygen atoms in total. The van der Waals surface area contributed by atoms with Crippen LogP contribution in [0.2, 0.25) is 5.02 Å². The molecule has 0 saturated heterocycles. The second kappa shape index (κ2) is 7.11. The molecular weight excluding hydrogens is 293 g/mol. The highest BCUT2D eigenvalue weighted by atomic mass is 35.5. The molecule has 2 N–H and O–H groups in total. The van der Waals surface area contributed by atoms with E-state index in [4.69, 9.17) is 17.3 Å². The van der Waals surface area contributed by atoms with Crippen molar-refractivity contribution in [2.75, 3.05) is 0 Å². The molecule has 0 amide bonds. The smallest absolute Gasteiger partial charge is 0.137 e. The van der Waals surface area contributed by atoms with Crippen molar-refractivity contribution in [2.45, 2.75) is 30.0 Å². The Hall–Kier alpha value is -1.03. The third-order valence-electron chi connectivity index (χ3n) is 2.86. The van der Waals surface area contributed by atoms with Gasteiger partial charge in [0, 0.05) is 21.7 Å². The molecule has 1 unspecified atom stereocenters. The van der Waals surface area contributed by atoms with Gasteiger partial charge in [-0.25, -0.2) is 4.39 Å². The second-order valence-corrected chi connectivity index (χ2v) is 6.31. The van der Waals surface area contributed by atoms with E-state index in [0.717, 1.165) is 16.9 Å².